The van der Waals surface area contributed by atoms with Crippen molar-refractivity contribution in [1.29, 1.82) is 0 Å². The average molecular weight is 416 g/mol. The number of benzene rings is 2. The van der Waals surface area contributed by atoms with E-state index in [0.717, 1.165) is 30.5 Å². The molecule has 0 heterocycles. The fraction of sp³-hybridized carbons (Fsp3) is 0.364. The normalized spacial score (nSPS) is 13.6. The molecule has 0 saturated heterocycles. The van der Waals surface area contributed by atoms with Crippen LogP contribution in [0, 0.1) is 0 Å². The van der Waals surface area contributed by atoms with Gasteiger partial charge in [-0.25, -0.2) is 4.39 Å². The lowest BCUT2D eigenvalue weighted by Gasteiger charge is -2.23. The maximum Gasteiger partial charge on any atom is 0.439 e. The standard InChI is InChI=1S/C22H22F6O/c1-2-3-4-5-16-6-8-17(9-7-16)10-11-18-12-14-19(15-13-18)29-22(27,28)20(23)21(24,25)26/h6-15,20H,2-5H2,1H3. The number of rotatable bonds is 9. The molecule has 29 heavy (non-hydrogen) atoms. The zero-order chi connectivity index (χ0) is 21.5. The lowest BCUT2D eigenvalue weighted by Crippen LogP contribution is -2.45. The van der Waals surface area contributed by atoms with Gasteiger partial charge in [0.2, 0.25) is 0 Å². The van der Waals surface area contributed by atoms with Gasteiger partial charge >= 0.3 is 12.3 Å². The molecule has 2 aromatic carbocycles. The topological polar surface area (TPSA) is 9.23 Å². The van der Waals surface area contributed by atoms with Crippen LogP contribution < -0.4 is 4.74 Å². The Kier molecular flexibility index (Phi) is 7.76. The summed E-state index contributed by atoms with van der Waals surface area (Å²) in [6.07, 6.45) is -7.05. The predicted molar refractivity (Wildman–Crippen MR) is 102 cm³/mol. The highest BCUT2D eigenvalue weighted by Crippen LogP contribution is 2.36. The Morgan fingerprint density at radius 2 is 1.34 bits per heavy atom. The Morgan fingerprint density at radius 1 is 0.828 bits per heavy atom. The molecule has 158 valence electrons. The predicted octanol–water partition coefficient (Wildman–Crippen LogP) is 7.46. The minimum absolute atomic E-state index is 0.560. The van der Waals surface area contributed by atoms with Gasteiger partial charge in [0.15, 0.2) is 0 Å². The molecule has 0 bridgehead atoms. The van der Waals surface area contributed by atoms with Crippen LogP contribution in [0.1, 0.15) is 42.9 Å². The van der Waals surface area contributed by atoms with E-state index in [1.165, 1.54) is 30.5 Å². The molecule has 2 rings (SSSR count). The zero-order valence-corrected chi connectivity index (χ0v) is 15.9. The summed E-state index contributed by atoms with van der Waals surface area (Å²) in [6.45, 7) is 2.15. The van der Waals surface area contributed by atoms with Crippen LogP contribution in [0.15, 0.2) is 48.5 Å². The largest absolute Gasteiger partial charge is 0.439 e. The molecule has 2 aromatic rings. The van der Waals surface area contributed by atoms with E-state index in [1.807, 2.05) is 30.3 Å². The molecular weight excluding hydrogens is 394 g/mol. The summed E-state index contributed by atoms with van der Waals surface area (Å²) in [7, 11) is 0. The molecule has 1 atom stereocenters. The van der Waals surface area contributed by atoms with Crippen LogP contribution in [0.3, 0.4) is 0 Å². The van der Waals surface area contributed by atoms with Gasteiger partial charge < -0.3 is 4.74 Å². The van der Waals surface area contributed by atoms with Crippen LogP contribution in [0.2, 0.25) is 0 Å². The number of aryl methyl sites for hydroxylation is 1. The molecule has 7 heteroatoms. The highest BCUT2D eigenvalue weighted by Gasteiger charge is 2.59. The Hall–Kier alpha value is -2.44. The Balaban J connectivity index is 1.96. The number of halogens is 6. The summed E-state index contributed by atoms with van der Waals surface area (Å²) < 4.78 is 79.7. The zero-order valence-electron chi connectivity index (χ0n) is 15.9. The van der Waals surface area contributed by atoms with Crippen molar-refractivity contribution in [3.63, 3.8) is 0 Å². The van der Waals surface area contributed by atoms with Gasteiger partial charge in [0.25, 0.3) is 6.17 Å². The van der Waals surface area contributed by atoms with Gasteiger partial charge in [-0.05, 0) is 41.7 Å². The molecular formula is C22H22F6O. The highest BCUT2D eigenvalue weighted by molar-refractivity contribution is 5.69. The van der Waals surface area contributed by atoms with Crippen molar-refractivity contribution in [2.24, 2.45) is 0 Å². The summed E-state index contributed by atoms with van der Waals surface area (Å²) in [5.41, 5.74) is 2.82. The van der Waals surface area contributed by atoms with E-state index in [2.05, 4.69) is 11.7 Å². The average Bonchev–Trinajstić information content (AvgIpc) is 2.67. The number of alkyl halides is 6. The number of hydrogen-bond acceptors (Lipinski definition) is 1. The molecule has 0 aliphatic rings. The van der Waals surface area contributed by atoms with Gasteiger partial charge in [0.1, 0.15) is 5.75 Å². The van der Waals surface area contributed by atoms with E-state index in [9.17, 15) is 26.3 Å². The van der Waals surface area contributed by atoms with Crippen molar-refractivity contribution in [2.45, 2.75) is 51.1 Å². The molecule has 0 aliphatic heterocycles. The molecule has 1 nitrogen and oxygen atoms in total. The number of hydrogen-bond donors (Lipinski definition) is 0. The van der Waals surface area contributed by atoms with Crippen molar-refractivity contribution >= 4 is 12.2 Å². The van der Waals surface area contributed by atoms with E-state index in [1.54, 1.807) is 6.08 Å². The van der Waals surface area contributed by atoms with Crippen molar-refractivity contribution in [2.75, 3.05) is 0 Å². The SMILES string of the molecule is CCCCCc1ccc(C=Cc2ccc(OC(F)(F)C(F)C(F)(F)F)cc2)cc1. The second-order valence-corrected chi connectivity index (χ2v) is 6.67. The Morgan fingerprint density at radius 3 is 1.83 bits per heavy atom. The fourth-order valence-corrected chi connectivity index (χ4v) is 2.61. The minimum atomic E-state index is -5.71. The molecule has 0 amide bonds. The first-order valence-corrected chi connectivity index (χ1v) is 9.26. The Labute approximate surface area is 166 Å². The van der Waals surface area contributed by atoms with Gasteiger partial charge in [-0.1, -0.05) is 68.3 Å². The first-order valence-electron chi connectivity index (χ1n) is 9.26. The van der Waals surface area contributed by atoms with Gasteiger partial charge in [-0.3, -0.25) is 0 Å². The minimum Gasteiger partial charge on any atom is -0.430 e. The Bertz CT molecular complexity index is 778. The van der Waals surface area contributed by atoms with Crippen LogP contribution >= 0.6 is 0 Å². The maximum absolute atomic E-state index is 13.3. The molecule has 0 aromatic heterocycles. The third kappa shape index (κ3) is 7.15. The highest BCUT2D eigenvalue weighted by atomic mass is 19.4. The summed E-state index contributed by atoms with van der Waals surface area (Å²) in [5, 5.41) is 0. The van der Waals surface area contributed by atoms with Gasteiger partial charge in [-0.2, -0.15) is 22.0 Å². The first kappa shape index (κ1) is 22.8. The molecule has 0 N–H and O–H groups in total. The van der Waals surface area contributed by atoms with Crippen LogP contribution in [-0.2, 0) is 6.42 Å². The van der Waals surface area contributed by atoms with Crippen LogP contribution in [0.5, 0.6) is 5.75 Å². The monoisotopic (exact) mass is 416 g/mol. The molecule has 1 unspecified atom stereocenters. The summed E-state index contributed by atoms with van der Waals surface area (Å²) >= 11 is 0. The third-order valence-corrected chi connectivity index (χ3v) is 4.23. The van der Waals surface area contributed by atoms with Crippen LogP contribution in [-0.4, -0.2) is 18.5 Å². The molecule has 0 aliphatic carbocycles. The molecule has 0 saturated carbocycles. The maximum atomic E-state index is 13.3. The van der Waals surface area contributed by atoms with E-state index in [4.69, 9.17) is 0 Å². The molecule has 0 fully saturated rings. The van der Waals surface area contributed by atoms with E-state index < -0.39 is 24.2 Å². The van der Waals surface area contributed by atoms with Gasteiger partial charge in [-0.15, -0.1) is 0 Å². The van der Waals surface area contributed by atoms with Crippen molar-refractivity contribution in [3.05, 3.63) is 65.2 Å². The summed E-state index contributed by atoms with van der Waals surface area (Å²) in [5.74, 6) is -0.560. The van der Waals surface area contributed by atoms with E-state index in [-0.39, 0.29) is 0 Å². The number of ether oxygens (including phenoxy) is 1. The summed E-state index contributed by atoms with van der Waals surface area (Å²) in [6, 6.07) is 12.9. The lowest BCUT2D eigenvalue weighted by atomic mass is 10.0. The second-order valence-electron chi connectivity index (χ2n) is 6.67. The summed E-state index contributed by atoms with van der Waals surface area (Å²) in [4.78, 5) is 0. The quantitative estimate of drug-likeness (QED) is 0.234. The van der Waals surface area contributed by atoms with Crippen LogP contribution in [0.4, 0.5) is 26.3 Å². The first-order chi connectivity index (χ1) is 13.6. The van der Waals surface area contributed by atoms with Gasteiger partial charge in [0, 0.05) is 0 Å². The second kappa shape index (κ2) is 9.85. The fourth-order valence-electron chi connectivity index (χ4n) is 2.61. The third-order valence-electron chi connectivity index (χ3n) is 4.23. The van der Waals surface area contributed by atoms with Crippen molar-refractivity contribution < 1.29 is 31.1 Å². The molecule has 0 spiro atoms. The van der Waals surface area contributed by atoms with Gasteiger partial charge in [0.05, 0.1) is 0 Å². The van der Waals surface area contributed by atoms with Crippen LogP contribution in [0.25, 0.3) is 12.2 Å². The lowest BCUT2D eigenvalue weighted by molar-refractivity contribution is -0.304. The van der Waals surface area contributed by atoms with Crippen molar-refractivity contribution in [3.8, 4) is 5.75 Å². The number of unbranched alkanes of at least 4 members (excludes halogenated alkanes) is 2. The molecule has 0 radical (unpaired) electrons. The van der Waals surface area contributed by atoms with E-state index >= 15 is 0 Å². The van der Waals surface area contributed by atoms with E-state index in [0.29, 0.717) is 5.56 Å². The van der Waals surface area contributed by atoms with Crippen molar-refractivity contribution in [1.82, 2.24) is 0 Å². The smallest absolute Gasteiger partial charge is 0.430 e.